The fraction of sp³-hybridized carbons (Fsp3) is 0.750. The Kier molecular flexibility index (Phi) is 6.06. The molecule has 0 saturated heterocycles. The molecule has 110 valence electrons. The first-order valence-electron chi connectivity index (χ1n) is 6.31. The summed E-state index contributed by atoms with van der Waals surface area (Å²) < 4.78 is 37.4. The standard InChI is InChI=1S/C12H20F3N3S/c1-4-5-16-11-17-6-10(19-11)7-18(9(2)3)8-12(13,14)15/h6,9H,4-5,7-8H2,1-3H3,(H,16,17). The molecule has 1 N–H and O–H groups in total. The van der Waals surface area contributed by atoms with E-state index in [0.717, 1.165) is 23.0 Å². The number of halogens is 3. The molecule has 0 amide bonds. The van der Waals surface area contributed by atoms with Crippen molar-refractivity contribution in [1.82, 2.24) is 9.88 Å². The highest BCUT2D eigenvalue weighted by atomic mass is 32.1. The number of nitrogens with one attached hydrogen (secondary N) is 1. The van der Waals surface area contributed by atoms with Gasteiger partial charge in [-0.05, 0) is 20.3 Å². The van der Waals surface area contributed by atoms with Gasteiger partial charge in [0.1, 0.15) is 0 Å². The Morgan fingerprint density at radius 3 is 2.63 bits per heavy atom. The van der Waals surface area contributed by atoms with Crippen molar-refractivity contribution in [1.29, 1.82) is 0 Å². The van der Waals surface area contributed by atoms with Crippen molar-refractivity contribution in [3.05, 3.63) is 11.1 Å². The first kappa shape index (κ1) is 16.2. The van der Waals surface area contributed by atoms with Crippen molar-refractivity contribution in [2.45, 2.75) is 46.0 Å². The van der Waals surface area contributed by atoms with Gasteiger partial charge in [0, 0.05) is 30.2 Å². The maximum atomic E-state index is 12.5. The number of hydrogen-bond acceptors (Lipinski definition) is 4. The van der Waals surface area contributed by atoms with Crippen LogP contribution in [0.15, 0.2) is 6.20 Å². The Balaban J connectivity index is 2.61. The van der Waals surface area contributed by atoms with Crippen molar-refractivity contribution in [3.63, 3.8) is 0 Å². The first-order chi connectivity index (χ1) is 8.81. The third kappa shape index (κ3) is 6.24. The van der Waals surface area contributed by atoms with Crippen LogP contribution in [0.25, 0.3) is 0 Å². The second kappa shape index (κ2) is 7.09. The molecule has 0 bridgehead atoms. The minimum atomic E-state index is -4.17. The summed E-state index contributed by atoms with van der Waals surface area (Å²) >= 11 is 1.41. The smallest absolute Gasteiger partial charge is 0.362 e. The zero-order chi connectivity index (χ0) is 14.5. The van der Waals surface area contributed by atoms with Gasteiger partial charge in [0.05, 0.1) is 6.54 Å². The van der Waals surface area contributed by atoms with Gasteiger partial charge in [-0.15, -0.1) is 11.3 Å². The fourth-order valence-electron chi connectivity index (χ4n) is 1.55. The number of aromatic nitrogens is 1. The molecule has 7 heteroatoms. The predicted octanol–water partition coefficient (Wildman–Crippen LogP) is 3.74. The molecular formula is C12H20F3N3S. The third-order valence-electron chi connectivity index (χ3n) is 2.55. The number of nitrogens with zero attached hydrogens (tertiary/aromatic N) is 2. The molecule has 0 saturated carbocycles. The Labute approximate surface area is 115 Å². The lowest BCUT2D eigenvalue weighted by Gasteiger charge is -2.26. The molecule has 0 unspecified atom stereocenters. The second-order valence-electron chi connectivity index (χ2n) is 4.67. The summed E-state index contributed by atoms with van der Waals surface area (Å²) in [6, 6.07) is -0.157. The molecule has 1 rings (SSSR count). The average Bonchev–Trinajstić information content (AvgIpc) is 2.71. The van der Waals surface area contributed by atoms with Crippen molar-refractivity contribution in [2.75, 3.05) is 18.4 Å². The molecule has 0 radical (unpaired) electrons. The summed E-state index contributed by atoms with van der Waals surface area (Å²) in [4.78, 5) is 6.41. The molecular weight excluding hydrogens is 275 g/mol. The normalized spacial score (nSPS) is 12.4. The largest absolute Gasteiger partial charge is 0.401 e. The van der Waals surface area contributed by atoms with E-state index in [2.05, 4.69) is 10.3 Å². The van der Waals surface area contributed by atoms with Crippen LogP contribution in [0.2, 0.25) is 0 Å². The van der Waals surface area contributed by atoms with Crippen molar-refractivity contribution < 1.29 is 13.2 Å². The number of hydrogen-bond donors (Lipinski definition) is 1. The van der Waals surface area contributed by atoms with Gasteiger partial charge in [-0.3, -0.25) is 4.90 Å². The van der Waals surface area contributed by atoms with E-state index in [1.165, 1.54) is 16.2 Å². The summed E-state index contributed by atoms with van der Waals surface area (Å²) in [5.74, 6) is 0. The van der Waals surface area contributed by atoms with E-state index < -0.39 is 12.7 Å². The number of rotatable bonds is 7. The highest BCUT2D eigenvalue weighted by Crippen LogP contribution is 2.23. The van der Waals surface area contributed by atoms with Crippen LogP contribution in [0.5, 0.6) is 0 Å². The topological polar surface area (TPSA) is 28.2 Å². The van der Waals surface area contributed by atoms with Crippen LogP contribution >= 0.6 is 11.3 Å². The molecule has 1 aromatic rings. The van der Waals surface area contributed by atoms with Crippen LogP contribution in [0.4, 0.5) is 18.3 Å². The van der Waals surface area contributed by atoms with Gasteiger partial charge in [0.2, 0.25) is 0 Å². The minimum Gasteiger partial charge on any atom is -0.362 e. The van der Waals surface area contributed by atoms with E-state index in [4.69, 9.17) is 0 Å². The summed E-state index contributed by atoms with van der Waals surface area (Å²) in [6.45, 7) is 5.80. The maximum absolute atomic E-state index is 12.5. The summed E-state index contributed by atoms with van der Waals surface area (Å²) in [5.41, 5.74) is 0. The van der Waals surface area contributed by atoms with Crippen LogP contribution in [-0.4, -0.2) is 35.2 Å². The zero-order valence-corrected chi connectivity index (χ0v) is 12.2. The molecule has 0 fully saturated rings. The van der Waals surface area contributed by atoms with Crippen molar-refractivity contribution >= 4 is 16.5 Å². The number of alkyl halides is 3. The van der Waals surface area contributed by atoms with Gasteiger partial charge in [-0.2, -0.15) is 13.2 Å². The quantitative estimate of drug-likeness (QED) is 0.830. The molecule has 1 aromatic heterocycles. The molecule has 3 nitrogen and oxygen atoms in total. The molecule has 0 spiro atoms. The summed E-state index contributed by atoms with van der Waals surface area (Å²) in [6.07, 6.45) is -1.53. The Hall–Kier alpha value is -0.820. The SMILES string of the molecule is CCCNc1ncc(CN(CC(F)(F)F)C(C)C)s1. The van der Waals surface area contributed by atoms with Crippen LogP contribution in [0.1, 0.15) is 32.1 Å². The van der Waals surface area contributed by atoms with Gasteiger partial charge in [-0.25, -0.2) is 4.98 Å². The summed E-state index contributed by atoms with van der Waals surface area (Å²) in [5, 5.41) is 3.90. The molecule has 0 aliphatic carbocycles. The lowest BCUT2D eigenvalue weighted by atomic mass is 10.3. The average molecular weight is 295 g/mol. The monoisotopic (exact) mass is 295 g/mol. The number of anilines is 1. The van der Waals surface area contributed by atoms with Gasteiger partial charge in [0.25, 0.3) is 0 Å². The Morgan fingerprint density at radius 2 is 2.11 bits per heavy atom. The second-order valence-corrected chi connectivity index (χ2v) is 5.79. The van der Waals surface area contributed by atoms with Crippen LogP contribution < -0.4 is 5.32 Å². The van der Waals surface area contributed by atoms with Crippen LogP contribution in [0.3, 0.4) is 0 Å². The van der Waals surface area contributed by atoms with Crippen molar-refractivity contribution in [3.8, 4) is 0 Å². The van der Waals surface area contributed by atoms with E-state index in [-0.39, 0.29) is 12.6 Å². The van der Waals surface area contributed by atoms with Crippen molar-refractivity contribution in [2.24, 2.45) is 0 Å². The highest BCUT2D eigenvalue weighted by molar-refractivity contribution is 7.15. The van der Waals surface area contributed by atoms with Crippen LogP contribution in [-0.2, 0) is 6.54 Å². The fourth-order valence-corrected chi connectivity index (χ4v) is 2.41. The van der Waals surface area contributed by atoms with Gasteiger partial charge in [0.15, 0.2) is 5.13 Å². The molecule has 0 aromatic carbocycles. The van der Waals surface area contributed by atoms with Crippen LogP contribution in [0, 0.1) is 0 Å². The number of thiazole rings is 1. The predicted molar refractivity (Wildman–Crippen MR) is 72.5 cm³/mol. The molecule has 0 aliphatic rings. The van der Waals surface area contributed by atoms with E-state index in [9.17, 15) is 13.2 Å². The maximum Gasteiger partial charge on any atom is 0.401 e. The third-order valence-corrected chi connectivity index (χ3v) is 3.49. The minimum absolute atomic E-state index is 0.157. The molecule has 0 aliphatic heterocycles. The van der Waals surface area contributed by atoms with E-state index in [1.54, 1.807) is 20.0 Å². The molecule has 1 heterocycles. The molecule has 0 atom stereocenters. The first-order valence-corrected chi connectivity index (χ1v) is 7.13. The van der Waals surface area contributed by atoms with Gasteiger partial charge >= 0.3 is 6.18 Å². The highest BCUT2D eigenvalue weighted by Gasteiger charge is 2.31. The molecule has 19 heavy (non-hydrogen) atoms. The van der Waals surface area contributed by atoms with E-state index >= 15 is 0 Å². The lowest BCUT2D eigenvalue weighted by molar-refractivity contribution is -0.150. The van der Waals surface area contributed by atoms with E-state index in [1.807, 2.05) is 6.92 Å². The summed E-state index contributed by atoms with van der Waals surface area (Å²) in [7, 11) is 0. The van der Waals surface area contributed by atoms with Gasteiger partial charge in [-0.1, -0.05) is 6.92 Å². The lowest BCUT2D eigenvalue weighted by Crippen LogP contribution is -2.38. The van der Waals surface area contributed by atoms with Gasteiger partial charge < -0.3 is 5.32 Å². The Bertz CT molecular complexity index is 377. The Morgan fingerprint density at radius 1 is 1.42 bits per heavy atom. The zero-order valence-electron chi connectivity index (χ0n) is 11.4. The van der Waals surface area contributed by atoms with E-state index in [0.29, 0.717) is 0 Å².